The Balaban J connectivity index is 1.91. The molecule has 3 atom stereocenters. The number of rotatable bonds is 1. The summed E-state index contributed by atoms with van der Waals surface area (Å²) in [5.41, 5.74) is 7.24. The Bertz CT molecular complexity index is 476. The fraction of sp³-hybridized carbons (Fsp3) is 0.600. The summed E-state index contributed by atoms with van der Waals surface area (Å²) in [4.78, 5) is 0. The van der Waals surface area contributed by atoms with Gasteiger partial charge >= 0.3 is 0 Å². The van der Waals surface area contributed by atoms with Crippen molar-refractivity contribution in [1.29, 1.82) is 0 Å². The van der Waals surface area contributed by atoms with Gasteiger partial charge in [-0.05, 0) is 25.1 Å². The van der Waals surface area contributed by atoms with Gasteiger partial charge in [0.05, 0.1) is 19.8 Å². The van der Waals surface area contributed by atoms with Crippen molar-refractivity contribution in [2.45, 2.75) is 43.9 Å². The van der Waals surface area contributed by atoms with Crippen LogP contribution in [0.1, 0.15) is 37.8 Å². The van der Waals surface area contributed by atoms with Gasteiger partial charge in [0.1, 0.15) is 17.1 Å². The average molecular weight is 263 g/mol. The van der Waals surface area contributed by atoms with E-state index in [0.29, 0.717) is 0 Å². The molecule has 1 aromatic carbocycles. The van der Waals surface area contributed by atoms with Gasteiger partial charge in [-0.3, -0.25) is 0 Å². The fourth-order valence-corrected chi connectivity index (χ4v) is 3.23. The molecule has 0 bridgehead atoms. The first-order chi connectivity index (χ1) is 9.12. The van der Waals surface area contributed by atoms with E-state index >= 15 is 0 Å². The Morgan fingerprint density at radius 3 is 2.95 bits per heavy atom. The van der Waals surface area contributed by atoms with Crippen LogP contribution >= 0.6 is 0 Å². The zero-order valence-electron chi connectivity index (χ0n) is 11.5. The molecule has 104 valence electrons. The molecule has 3 rings (SSSR count). The van der Waals surface area contributed by atoms with Crippen molar-refractivity contribution in [1.82, 2.24) is 0 Å². The molecule has 2 heterocycles. The quantitative estimate of drug-likeness (QED) is 0.845. The van der Waals surface area contributed by atoms with Gasteiger partial charge in [0.15, 0.2) is 0 Å². The third-order valence-corrected chi connectivity index (χ3v) is 4.15. The van der Waals surface area contributed by atoms with Gasteiger partial charge < -0.3 is 19.9 Å². The maximum atomic E-state index is 6.34. The SMILES string of the molecule is COc1ccc2c(c1)[C@H](N)CC1(CCOC(C)C1)O2. The highest BCUT2D eigenvalue weighted by Crippen LogP contribution is 2.45. The van der Waals surface area contributed by atoms with Crippen molar-refractivity contribution in [3.05, 3.63) is 23.8 Å². The first-order valence-corrected chi connectivity index (χ1v) is 6.86. The minimum Gasteiger partial charge on any atom is -0.497 e. The highest BCUT2D eigenvalue weighted by molar-refractivity contribution is 5.44. The van der Waals surface area contributed by atoms with Gasteiger partial charge in [-0.1, -0.05) is 0 Å². The van der Waals surface area contributed by atoms with Crippen LogP contribution in [0, 0.1) is 0 Å². The molecular weight excluding hydrogens is 242 g/mol. The summed E-state index contributed by atoms with van der Waals surface area (Å²) >= 11 is 0. The molecule has 2 aliphatic heterocycles. The molecule has 0 radical (unpaired) electrons. The van der Waals surface area contributed by atoms with Crippen LogP contribution in [0.15, 0.2) is 18.2 Å². The molecule has 0 amide bonds. The lowest BCUT2D eigenvalue weighted by Crippen LogP contribution is -2.49. The normalized spacial score (nSPS) is 33.6. The topological polar surface area (TPSA) is 53.7 Å². The summed E-state index contributed by atoms with van der Waals surface area (Å²) in [6, 6.07) is 5.88. The highest BCUT2D eigenvalue weighted by Gasteiger charge is 2.43. The van der Waals surface area contributed by atoms with Gasteiger partial charge in [0.25, 0.3) is 0 Å². The second-order valence-electron chi connectivity index (χ2n) is 5.63. The van der Waals surface area contributed by atoms with Crippen LogP contribution in [0.5, 0.6) is 11.5 Å². The van der Waals surface area contributed by atoms with E-state index in [0.717, 1.165) is 42.9 Å². The van der Waals surface area contributed by atoms with Gasteiger partial charge in [-0.25, -0.2) is 0 Å². The maximum Gasteiger partial charge on any atom is 0.125 e. The van der Waals surface area contributed by atoms with E-state index in [9.17, 15) is 0 Å². The Hall–Kier alpha value is -1.26. The summed E-state index contributed by atoms with van der Waals surface area (Å²) in [7, 11) is 1.67. The van der Waals surface area contributed by atoms with Gasteiger partial charge in [0.2, 0.25) is 0 Å². The number of hydrogen-bond donors (Lipinski definition) is 1. The molecule has 2 aliphatic rings. The van der Waals surface area contributed by atoms with Crippen molar-refractivity contribution in [2.24, 2.45) is 5.73 Å². The van der Waals surface area contributed by atoms with Crippen LogP contribution in [0.25, 0.3) is 0 Å². The number of methoxy groups -OCH3 is 1. The van der Waals surface area contributed by atoms with Crippen molar-refractivity contribution in [3.8, 4) is 11.5 Å². The number of nitrogens with two attached hydrogens (primary N) is 1. The molecular formula is C15H21NO3. The van der Waals surface area contributed by atoms with E-state index in [-0.39, 0.29) is 17.7 Å². The molecule has 0 aliphatic carbocycles. The molecule has 0 aromatic heterocycles. The molecule has 1 fully saturated rings. The smallest absolute Gasteiger partial charge is 0.125 e. The van der Waals surface area contributed by atoms with Crippen molar-refractivity contribution in [2.75, 3.05) is 13.7 Å². The predicted octanol–water partition coefficient (Wildman–Crippen LogP) is 2.42. The van der Waals surface area contributed by atoms with E-state index in [2.05, 4.69) is 6.92 Å². The summed E-state index contributed by atoms with van der Waals surface area (Å²) < 4.78 is 17.2. The molecule has 2 unspecified atom stereocenters. The summed E-state index contributed by atoms with van der Waals surface area (Å²) in [6.07, 6.45) is 2.91. The first-order valence-electron chi connectivity index (χ1n) is 6.86. The summed E-state index contributed by atoms with van der Waals surface area (Å²) in [6.45, 7) is 2.85. The lowest BCUT2D eigenvalue weighted by Gasteiger charge is -2.45. The van der Waals surface area contributed by atoms with Crippen LogP contribution < -0.4 is 15.2 Å². The van der Waals surface area contributed by atoms with E-state index in [4.69, 9.17) is 19.9 Å². The standard InChI is InChI=1S/C15H21NO3/c1-10-8-15(5-6-18-10)9-13(16)12-7-11(17-2)3-4-14(12)19-15/h3-4,7,10,13H,5-6,8-9,16H2,1-2H3/t10?,13-,15?/m1/s1. The molecule has 1 aromatic rings. The summed E-state index contributed by atoms with van der Waals surface area (Å²) in [5.74, 6) is 1.72. The Labute approximate surface area is 113 Å². The maximum absolute atomic E-state index is 6.34. The molecule has 4 heteroatoms. The van der Waals surface area contributed by atoms with Gasteiger partial charge in [0, 0.05) is 30.9 Å². The van der Waals surface area contributed by atoms with Crippen molar-refractivity contribution >= 4 is 0 Å². The number of hydrogen-bond acceptors (Lipinski definition) is 4. The third-order valence-electron chi connectivity index (χ3n) is 4.15. The minimum atomic E-state index is -0.154. The summed E-state index contributed by atoms with van der Waals surface area (Å²) in [5, 5.41) is 0. The second-order valence-corrected chi connectivity index (χ2v) is 5.63. The molecule has 0 saturated carbocycles. The highest BCUT2D eigenvalue weighted by atomic mass is 16.5. The van der Waals surface area contributed by atoms with Gasteiger partial charge in [-0.2, -0.15) is 0 Å². The zero-order valence-corrected chi connectivity index (χ0v) is 11.5. The van der Waals surface area contributed by atoms with Crippen LogP contribution in [-0.4, -0.2) is 25.4 Å². The van der Waals surface area contributed by atoms with Crippen LogP contribution in [0.2, 0.25) is 0 Å². The third kappa shape index (κ3) is 2.30. The van der Waals surface area contributed by atoms with E-state index in [1.807, 2.05) is 18.2 Å². The zero-order chi connectivity index (χ0) is 13.5. The number of benzene rings is 1. The van der Waals surface area contributed by atoms with E-state index in [1.54, 1.807) is 7.11 Å². The molecule has 2 N–H and O–H groups in total. The van der Waals surface area contributed by atoms with Crippen molar-refractivity contribution < 1.29 is 14.2 Å². The van der Waals surface area contributed by atoms with Crippen LogP contribution in [-0.2, 0) is 4.74 Å². The molecule has 19 heavy (non-hydrogen) atoms. The largest absolute Gasteiger partial charge is 0.497 e. The Morgan fingerprint density at radius 2 is 2.21 bits per heavy atom. The fourth-order valence-electron chi connectivity index (χ4n) is 3.23. The number of ether oxygens (including phenoxy) is 3. The Morgan fingerprint density at radius 1 is 1.37 bits per heavy atom. The predicted molar refractivity (Wildman–Crippen MR) is 72.5 cm³/mol. The monoisotopic (exact) mass is 263 g/mol. The van der Waals surface area contributed by atoms with Gasteiger partial charge in [-0.15, -0.1) is 0 Å². The molecule has 1 saturated heterocycles. The van der Waals surface area contributed by atoms with Crippen molar-refractivity contribution in [3.63, 3.8) is 0 Å². The number of fused-ring (bicyclic) bond motifs is 1. The average Bonchev–Trinajstić information content (AvgIpc) is 2.38. The van der Waals surface area contributed by atoms with Crippen LogP contribution in [0.3, 0.4) is 0 Å². The second kappa shape index (κ2) is 4.69. The lowest BCUT2D eigenvalue weighted by molar-refractivity contribution is -0.0949. The van der Waals surface area contributed by atoms with E-state index < -0.39 is 0 Å². The van der Waals surface area contributed by atoms with Crippen LogP contribution in [0.4, 0.5) is 0 Å². The molecule has 1 spiro atoms. The van der Waals surface area contributed by atoms with E-state index in [1.165, 1.54) is 0 Å². The lowest BCUT2D eigenvalue weighted by atomic mass is 9.80. The Kier molecular flexibility index (Phi) is 3.15. The first kappa shape index (κ1) is 12.8. The minimum absolute atomic E-state index is 0.00384. The molecule has 4 nitrogen and oxygen atoms in total.